The highest BCUT2D eigenvalue weighted by atomic mass is 16.4. The Hall–Kier alpha value is -0.830. The van der Waals surface area contributed by atoms with Crippen molar-refractivity contribution in [1.29, 1.82) is 0 Å². The lowest BCUT2D eigenvalue weighted by molar-refractivity contribution is 0.294. The first-order valence-electron chi connectivity index (χ1n) is 4.48. The molecule has 3 nitrogen and oxygen atoms in total. The van der Waals surface area contributed by atoms with Crippen molar-refractivity contribution in [2.24, 2.45) is 0 Å². The Balaban J connectivity index is 1.94. The van der Waals surface area contributed by atoms with Crippen molar-refractivity contribution < 1.29 is 4.42 Å². The summed E-state index contributed by atoms with van der Waals surface area (Å²) in [4.78, 5) is 6.47. The summed E-state index contributed by atoms with van der Waals surface area (Å²) >= 11 is 0. The maximum absolute atomic E-state index is 5.39. The van der Waals surface area contributed by atoms with Gasteiger partial charge in [0.25, 0.3) is 0 Å². The van der Waals surface area contributed by atoms with Gasteiger partial charge in [-0.05, 0) is 25.9 Å². The van der Waals surface area contributed by atoms with E-state index in [4.69, 9.17) is 4.42 Å². The second-order valence-electron chi connectivity index (χ2n) is 3.33. The molecule has 1 aromatic heterocycles. The molecule has 0 aliphatic carbocycles. The molecule has 0 N–H and O–H groups in total. The van der Waals surface area contributed by atoms with E-state index in [0.717, 1.165) is 18.2 Å². The fourth-order valence-electron chi connectivity index (χ4n) is 1.64. The minimum atomic E-state index is 0.768. The minimum Gasteiger partial charge on any atom is -0.445 e. The Morgan fingerprint density at radius 2 is 2.25 bits per heavy atom. The largest absolute Gasteiger partial charge is 0.445 e. The Kier molecular flexibility index (Phi) is 2.13. The highest BCUT2D eigenvalue weighted by Crippen LogP contribution is 2.12. The third-order valence-corrected chi connectivity index (χ3v) is 2.25. The zero-order valence-corrected chi connectivity index (χ0v) is 7.42. The van der Waals surface area contributed by atoms with Crippen LogP contribution in [0.4, 0.5) is 0 Å². The van der Waals surface area contributed by atoms with Crippen LogP contribution in [0, 0.1) is 6.92 Å². The number of aromatic nitrogens is 1. The monoisotopic (exact) mass is 166 g/mol. The third kappa shape index (κ3) is 1.67. The summed E-state index contributed by atoms with van der Waals surface area (Å²) in [5.41, 5.74) is 0. The molecule has 1 aliphatic rings. The smallest absolute Gasteiger partial charge is 0.191 e. The van der Waals surface area contributed by atoms with E-state index in [1.807, 2.05) is 13.1 Å². The Morgan fingerprint density at radius 3 is 2.83 bits per heavy atom. The zero-order valence-electron chi connectivity index (χ0n) is 7.42. The summed E-state index contributed by atoms with van der Waals surface area (Å²) in [7, 11) is 0. The summed E-state index contributed by atoms with van der Waals surface area (Å²) in [6, 6.07) is 0. The zero-order chi connectivity index (χ0) is 8.39. The van der Waals surface area contributed by atoms with Crippen molar-refractivity contribution in [1.82, 2.24) is 9.88 Å². The standard InChI is InChI=1S/C9H14N2O/c1-8-10-6-9(12-8)7-11-4-2-3-5-11/h6H,2-5,7H2,1H3. The molecule has 1 fully saturated rings. The van der Waals surface area contributed by atoms with Crippen LogP contribution < -0.4 is 0 Å². The number of likely N-dealkylation sites (tertiary alicyclic amines) is 1. The van der Waals surface area contributed by atoms with Gasteiger partial charge in [0.2, 0.25) is 0 Å². The van der Waals surface area contributed by atoms with Gasteiger partial charge in [-0.2, -0.15) is 0 Å². The number of aryl methyl sites for hydroxylation is 1. The van der Waals surface area contributed by atoms with E-state index in [9.17, 15) is 0 Å². The normalized spacial score (nSPS) is 18.8. The van der Waals surface area contributed by atoms with Crippen molar-refractivity contribution in [3.05, 3.63) is 17.8 Å². The maximum atomic E-state index is 5.39. The molecule has 2 heterocycles. The number of rotatable bonds is 2. The molecule has 0 atom stereocenters. The van der Waals surface area contributed by atoms with E-state index in [-0.39, 0.29) is 0 Å². The van der Waals surface area contributed by atoms with Crippen molar-refractivity contribution >= 4 is 0 Å². The van der Waals surface area contributed by atoms with Gasteiger partial charge in [-0.1, -0.05) is 0 Å². The summed E-state index contributed by atoms with van der Waals surface area (Å²) in [6.07, 6.45) is 4.48. The Labute approximate surface area is 72.4 Å². The van der Waals surface area contributed by atoms with Crippen LogP contribution >= 0.6 is 0 Å². The third-order valence-electron chi connectivity index (χ3n) is 2.25. The van der Waals surface area contributed by atoms with Crippen LogP contribution in [-0.2, 0) is 6.54 Å². The highest BCUT2D eigenvalue weighted by Gasteiger charge is 2.13. The van der Waals surface area contributed by atoms with E-state index in [1.54, 1.807) is 0 Å². The summed E-state index contributed by atoms with van der Waals surface area (Å²) < 4.78 is 5.39. The Morgan fingerprint density at radius 1 is 1.50 bits per heavy atom. The van der Waals surface area contributed by atoms with Crippen LogP contribution in [0.25, 0.3) is 0 Å². The summed E-state index contributed by atoms with van der Waals surface area (Å²) in [6.45, 7) is 5.23. The van der Waals surface area contributed by atoms with E-state index in [0.29, 0.717) is 0 Å². The quantitative estimate of drug-likeness (QED) is 0.668. The second kappa shape index (κ2) is 3.27. The molecule has 0 aromatic carbocycles. The molecule has 3 heteroatoms. The minimum absolute atomic E-state index is 0.768. The molecule has 1 saturated heterocycles. The first-order valence-corrected chi connectivity index (χ1v) is 4.48. The van der Waals surface area contributed by atoms with Crippen molar-refractivity contribution in [3.8, 4) is 0 Å². The number of hydrogen-bond acceptors (Lipinski definition) is 3. The number of nitrogens with zero attached hydrogens (tertiary/aromatic N) is 2. The fraction of sp³-hybridized carbons (Fsp3) is 0.667. The lowest BCUT2D eigenvalue weighted by Gasteiger charge is -2.10. The fourth-order valence-corrected chi connectivity index (χ4v) is 1.64. The van der Waals surface area contributed by atoms with Crippen LogP contribution in [0.15, 0.2) is 10.6 Å². The molecule has 0 spiro atoms. The van der Waals surface area contributed by atoms with E-state index < -0.39 is 0 Å². The Bertz CT molecular complexity index is 251. The van der Waals surface area contributed by atoms with Gasteiger partial charge in [0.05, 0.1) is 12.7 Å². The van der Waals surface area contributed by atoms with E-state index in [1.165, 1.54) is 25.9 Å². The predicted octanol–water partition coefficient (Wildman–Crippen LogP) is 1.58. The first kappa shape index (κ1) is 7.80. The first-order chi connectivity index (χ1) is 5.84. The maximum Gasteiger partial charge on any atom is 0.191 e. The van der Waals surface area contributed by atoms with Crippen LogP contribution in [-0.4, -0.2) is 23.0 Å². The molecule has 1 aromatic rings. The lowest BCUT2D eigenvalue weighted by atomic mass is 10.4. The second-order valence-corrected chi connectivity index (χ2v) is 3.33. The van der Waals surface area contributed by atoms with Crippen LogP contribution in [0.2, 0.25) is 0 Å². The van der Waals surface area contributed by atoms with Crippen molar-refractivity contribution in [3.63, 3.8) is 0 Å². The van der Waals surface area contributed by atoms with Gasteiger partial charge in [-0.25, -0.2) is 4.98 Å². The van der Waals surface area contributed by atoms with Crippen LogP contribution in [0.3, 0.4) is 0 Å². The van der Waals surface area contributed by atoms with E-state index >= 15 is 0 Å². The molecule has 1 aliphatic heterocycles. The molecule has 0 unspecified atom stereocenters. The summed E-state index contributed by atoms with van der Waals surface area (Å²) in [5, 5.41) is 0. The van der Waals surface area contributed by atoms with Crippen LogP contribution in [0.5, 0.6) is 0 Å². The molecular formula is C9H14N2O. The molecule has 2 rings (SSSR count). The molecular weight excluding hydrogens is 152 g/mol. The molecule has 12 heavy (non-hydrogen) atoms. The van der Waals surface area contributed by atoms with Gasteiger partial charge in [0.1, 0.15) is 5.76 Å². The molecule has 66 valence electrons. The average Bonchev–Trinajstić information content (AvgIpc) is 2.63. The lowest BCUT2D eigenvalue weighted by Crippen LogP contribution is -2.17. The highest BCUT2D eigenvalue weighted by molar-refractivity contribution is 4.93. The molecule has 0 radical (unpaired) electrons. The topological polar surface area (TPSA) is 29.3 Å². The molecule has 0 saturated carbocycles. The summed E-state index contributed by atoms with van der Waals surface area (Å²) in [5.74, 6) is 1.76. The number of hydrogen-bond donors (Lipinski definition) is 0. The molecule has 0 amide bonds. The average molecular weight is 166 g/mol. The van der Waals surface area contributed by atoms with Crippen molar-refractivity contribution in [2.45, 2.75) is 26.3 Å². The van der Waals surface area contributed by atoms with Gasteiger partial charge >= 0.3 is 0 Å². The van der Waals surface area contributed by atoms with Gasteiger partial charge in [0, 0.05) is 6.92 Å². The SMILES string of the molecule is Cc1ncc(CN2CCCC2)o1. The van der Waals surface area contributed by atoms with Crippen LogP contribution in [0.1, 0.15) is 24.5 Å². The van der Waals surface area contributed by atoms with Gasteiger partial charge < -0.3 is 4.42 Å². The van der Waals surface area contributed by atoms with Crippen molar-refractivity contribution in [2.75, 3.05) is 13.1 Å². The van der Waals surface area contributed by atoms with Gasteiger partial charge in [-0.3, -0.25) is 4.90 Å². The predicted molar refractivity (Wildman–Crippen MR) is 45.8 cm³/mol. The van der Waals surface area contributed by atoms with Gasteiger partial charge in [0.15, 0.2) is 5.89 Å². The molecule has 0 bridgehead atoms. The van der Waals surface area contributed by atoms with Gasteiger partial charge in [-0.15, -0.1) is 0 Å². The van der Waals surface area contributed by atoms with E-state index in [2.05, 4.69) is 9.88 Å². The number of oxazole rings is 1.